The third-order valence-electron chi connectivity index (χ3n) is 11.2. The van der Waals surface area contributed by atoms with Crippen LogP contribution in [0.25, 0.3) is 0 Å². The Labute approximate surface area is 329 Å². The zero-order valence-corrected chi connectivity index (χ0v) is 34.6. The minimum Gasteiger partial charge on any atom is -0.457 e. The molecule has 0 aromatic carbocycles. The molecule has 0 unspecified atom stereocenters. The lowest BCUT2D eigenvalue weighted by Crippen LogP contribution is -2.60. The monoisotopic (exact) mass is 786 g/mol. The van der Waals surface area contributed by atoms with Crippen LogP contribution >= 0.6 is 0 Å². The Morgan fingerprint density at radius 3 is 2.34 bits per heavy atom. The molecule has 16 heteroatoms. The molecule has 56 heavy (non-hydrogen) atoms. The molecule has 3 aliphatic rings. The summed E-state index contributed by atoms with van der Waals surface area (Å²) >= 11 is 0. The molecule has 0 N–H and O–H groups in total. The second-order valence-corrected chi connectivity index (χ2v) is 15.7. The van der Waals surface area contributed by atoms with Gasteiger partial charge >= 0.3 is 18.1 Å². The number of Topliss-reactive ketones (excluding diaryl/α,β-unsaturated/α-hetero) is 1. The topological polar surface area (TPSA) is 184 Å². The molecule has 16 nitrogen and oxygen atoms in total. The van der Waals surface area contributed by atoms with Crippen LogP contribution in [-0.4, -0.2) is 126 Å². The summed E-state index contributed by atoms with van der Waals surface area (Å²) < 4.78 is 42.8. The molecular weight excluding hydrogens is 728 g/mol. The Bertz CT molecular complexity index is 1650. The summed E-state index contributed by atoms with van der Waals surface area (Å²) in [4.78, 5) is 69.2. The Morgan fingerprint density at radius 2 is 1.73 bits per heavy atom. The second-order valence-electron chi connectivity index (χ2n) is 15.7. The minimum absolute atomic E-state index is 0.0935. The number of ether oxygens (including phenoxy) is 7. The maximum atomic E-state index is 14.4. The van der Waals surface area contributed by atoms with Crippen LogP contribution in [0.15, 0.2) is 23.9 Å². The van der Waals surface area contributed by atoms with E-state index in [0.717, 1.165) is 0 Å². The third kappa shape index (κ3) is 10.0. The number of methoxy groups -OCH3 is 1. The molecule has 13 atom stereocenters. The van der Waals surface area contributed by atoms with Crippen molar-refractivity contribution in [3.63, 3.8) is 0 Å². The summed E-state index contributed by atoms with van der Waals surface area (Å²) in [7, 11) is 5.27. The average Bonchev–Trinajstić information content (AvgIpc) is 3.47. The van der Waals surface area contributed by atoms with Gasteiger partial charge in [0, 0.05) is 44.2 Å². The van der Waals surface area contributed by atoms with Crippen LogP contribution in [0.4, 0.5) is 4.79 Å². The van der Waals surface area contributed by atoms with E-state index in [4.69, 9.17) is 38.0 Å². The van der Waals surface area contributed by atoms with E-state index in [0.29, 0.717) is 17.7 Å². The molecule has 4 heterocycles. The van der Waals surface area contributed by atoms with E-state index in [-0.39, 0.29) is 31.6 Å². The third-order valence-corrected chi connectivity index (χ3v) is 11.2. The SMILES string of the molecule is CC[C@H]1OC(=O)[C@H](C)C(=O)[C@H](C)[C@@H](O[C@@H]2O[C@H](C)C[C@H](N(C)C)[C@H]2OC(C)=O)[C@](C)(OC)C[C@@H](C)/C(=N\OCC#Cc2cncnc2)[C@H](C)[C@H]2OC(=O)O[C@@]21C. The highest BCUT2D eigenvalue weighted by Crippen LogP contribution is 2.42. The van der Waals surface area contributed by atoms with E-state index in [2.05, 4.69) is 27.0 Å². The summed E-state index contributed by atoms with van der Waals surface area (Å²) in [5.74, 6) is 0.675. The number of oxime groups is 1. The van der Waals surface area contributed by atoms with Crippen molar-refractivity contribution in [1.82, 2.24) is 14.9 Å². The fourth-order valence-corrected chi connectivity index (χ4v) is 8.18. The fourth-order valence-electron chi connectivity index (χ4n) is 8.18. The van der Waals surface area contributed by atoms with Gasteiger partial charge in [-0.05, 0) is 61.1 Å². The predicted molar refractivity (Wildman–Crippen MR) is 201 cm³/mol. The number of cyclic esters (lactones) is 1. The van der Waals surface area contributed by atoms with Crippen LogP contribution in [0.2, 0.25) is 0 Å². The van der Waals surface area contributed by atoms with Gasteiger partial charge in [0.15, 0.2) is 36.5 Å². The Hall–Kier alpha value is -4.17. The number of carbonyl (C=O) groups excluding carboxylic acids is 4. The fraction of sp³-hybridized carbons (Fsp3) is 0.725. The van der Waals surface area contributed by atoms with Crippen molar-refractivity contribution in [1.29, 1.82) is 0 Å². The molecule has 1 aromatic rings. The normalized spacial score (nSPS) is 37.6. The lowest BCUT2D eigenvalue weighted by molar-refractivity contribution is -0.297. The van der Waals surface area contributed by atoms with Gasteiger partial charge in [-0.15, -0.1) is 0 Å². The van der Waals surface area contributed by atoms with Gasteiger partial charge in [-0.25, -0.2) is 14.8 Å². The summed E-state index contributed by atoms with van der Waals surface area (Å²) in [6.07, 6.45) is -0.678. The Kier molecular flexibility index (Phi) is 15.0. The largest absolute Gasteiger partial charge is 0.509 e. The number of esters is 2. The number of carbonyl (C=O) groups is 4. The molecular formula is C40H58N4O12. The molecule has 0 saturated carbocycles. The molecule has 0 aliphatic carbocycles. The molecule has 3 aliphatic heterocycles. The smallest absolute Gasteiger partial charge is 0.457 e. The number of ketones is 1. The van der Waals surface area contributed by atoms with E-state index in [9.17, 15) is 19.2 Å². The Balaban J connectivity index is 1.83. The number of rotatable bonds is 8. The first-order valence-electron chi connectivity index (χ1n) is 19.1. The first kappa shape index (κ1) is 44.5. The highest BCUT2D eigenvalue weighted by Gasteiger charge is 2.59. The number of hydrogen-bond donors (Lipinski definition) is 0. The van der Waals surface area contributed by atoms with Gasteiger partial charge in [0.25, 0.3) is 0 Å². The summed E-state index contributed by atoms with van der Waals surface area (Å²) in [5.41, 5.74) is -1.66. The average molecular weight is 787 g/mol. The van der Waals surface area contributed by atoms with Gasteiger partial charge in [0.05, 0.1) is 35.1 Å². The van der Waals surface area contributed by atoms with Crippen molar-refractivity contribution >= 4 is 29.6 Å². The van der Waals surface area contributed by atoms with Gasteiger partial charge in [-0.3, -0.25) is 14.4 Å². The quantitative estimate of drug-likeness (QED) is 0.0915. The standard InChI is InChI=1S/C40H58N4O12/c1-13-30-40(9)35(55-38(48)56-40)24(4)31(43-50-16-14-15-28-19-41-21-42-20-28)22(2)18-39(8,49-12)34(25(5)32(46)26(6)36(47)53-30)54-37-33(52-27(7)45)29(44(10)11)17-23(3)51-37/h19-26,29-30,33-35,37H,13,16-18H2,1-12H3/b43-31+/t22-,23-,24+,25+,26-,29+,30-,33-,34-,35-,37+,39-,40-/m1/s1. The molecule has 1 aromatic heterocycles. The Morgan fingerprint density at radius 1 is 1.05 bits per heavy atom. The number of aromatic nitrogens is 2. The molecule has 4 rings (SSSR count). The molecule has 0 spiro atoms. The zero-order chi connectivity index (χ0) is 41.5. The zero-order valence-electron chi connectivity index (χ0n) is 34.6. The van der Waals surface area contributed by atoms with Crippen LogP contribution in [0.5, 0.6) is 0 Å². The minimum atomic E-state index is -1.45. The number of fused-ring (bicyclic) bond motifs is 1. The molecule has 0 bridgehead atoms. The van der Waals surface area contributed by atoms with Crippen LogP contribution in [-0.2, 0) is 52.4 Å². The van der Waals surface area contributed by atoms with E-state index >= 15 is 0 Å². The first-order chi connectivity index (χ1) is 26.4. The summed E-state index contributed by atoms with van der Waals surface area (Å²) in [5, 5.41) is 4.58. The molecule has 310 valence electrons. The van der Waals surface area contributed by atoms with E-state index in [1.165, 1.54) is 27.3 Å². The van der Waals surface area contributed by atoms with Gasteiger partial charge in [-0.2, -0.15) is 0 Å². The summed E-state index contributed by atoms with van der Waals surface area (Å²) in [6.45, 7) is 15.2. The van der Waals surface area contributed by atoms with E-state index in [1.807, 2.05) is 39.8 Å². The van der Waals surface area contributed by atoms with Gasteiger partial charge in [-0.1, -0.05) is 44.7 Å². The van der Waals surface area contributed by atoms with Gasteiger partial charge in [0.2, 0.25) is 0 Å². The van der Waals surface area contributed by atoms with E-state index < -0.39 is 89.5 Å². The van der Waals surface area contributed by atoms with Crippen molar-refractivity contribution in [3.05, 3.63) is 24.3 Å². The number of hydrogen-bond acceptors (Lipinski definition) is 16. The maximum absolute atomic E-state index is 14.4. The van der Waals surface area contributed by atoms with Crippen LogP contribution in [0.3, 0.4) is 0 Å². The van der Waals surface area contributed by atoms with Crippen molar-refractivity contribution < 1.29 is 57.2 Å². The predicted octanol–water partition coefficient (Wildman–Crippen LogP) is 4.12. The van der Waals surface area contributed by atoms with Crippen molar-refractivity contribution in [2.24, 2.45) is 28.8 Å². The highest BCUT2D eigenvalue weighted by molar-refractivity contribution is 6.00. The van der Waals surface area contributed by atoms with Crippen molar-refractivity contribution in [2.75, 3.05) is 27.8 Å². The lowest BCUT2D eigenvalue weighted by Gasteiger charge is -2.47. The van der Waals surface area contributed by atoms with Crippen molar-refractivity contribution in [3.8, 4) is 11.8 Å². The van der Waals surface area contributed by atoms with Crippen LogP contribution in [0, 0.1) is 35.5 Å². The van der Waals surface area contributed by atoms with Gasteiger partial charge < -0.3 is 42.9 Å². The number of likely N-dealkylation sites (N-methyl/N-ethyl adjacent to an activating group) is 1. The van der Waals surface area contributed by atoms with E-state index in [1.54, 1.807) is 40.1 Å². The second kappa shape index (κ2) is 18.8. The number of nitrogens with zero attached hydrogens (tertiary/aromatic N) is 4. The first-order valence-corrected chi connectivity index (χ1v) is 19.1. The van der Waals surface area contributed by atoms with Crippen LogP contribution < -0.4 is 0 Å². The molecule has 0 amide bonds. The lowest BCUT2D eigenvalue weighted by atomic mass is 9.74. The molecule has 3 saturated heterocycles. The van der Waals surface area contributed by atoms with Crippen molar-refractivity contribution in [2.45, 2.75) is 136 Å². The molecule has 0 radical (unpaired) electrons. The molecule has 3 fully saturated rings. The highest BCUT2D eigenvalue weighted by atomic mass is 16.8. The van der Waals surface area contributed by atoms with Gasteiger partial charge in [0.1, 0.15) is 18.3 Å². The van der Waals surface area contributed by atoms with Crippen LogP contribution in [0.1, 0.15) is 87.1 Å². The summed E-state index contributed by atoms with van der Waals surface area (Å²) in [6, 6.07) is -0.273. The maximum Gasteiger partial charge on any atom is 0.509 e.